The highest BCUT2D eigenvalue weighted by molar-refractivity contribution is 5.90. The molecule has 0 saturated carbocycles. The van der Waals surface area contributed by atoms with Crippen molar-refractivity contribution in [1.82, 2.24) is 15.2 Å². The standard InChI is InChI=1S/C13H13FN4/c1-6-7(2)17-12-9(6)3-8(4-11(12)14)10-5-16-18-13(10)15/h3-5,17H,1-2H3,(H3,15,16,18). The third kappa shape index (κ3) is 1.40. The summed E-state index contributed by atoms with van der Waals surface area (Å²) in [6.07, 6.45) is 1.60. The van der Waals surface area contributed by atoms with E-state index in [-0.39, 0.29) is 5.82 Å². The molecular formula is C13H13FN4. The molecule has 0 radical (unpaired) electrons. The average molecular weight is 244 g/mol. The number of fused-ring (bicyclic) bond motifs is 1. The SMILES string of the molecule is Cc1[nH]c2c(F)cc(-c3cn[nH]c3N)cc2c1C. The first kappa shape index (κ1) is 10.8. The molecule has 0 saturated heterocycles. The zero-order valence-corrected chi connectivity index (χ0v) is 10.1. The molecule has 3 aromatic rings. The van der Waals surface area contributed by atoms with Crippen molar-refractivity contribution in [2.24, 2.45) is 0 Å². The summed E-state index contributed by atoms with van der Waals surface area (Å²) in [5, 5.41) is 7.39. The molecular weight excluding hydrogens is 231 g/mol. The first-order valence-corrected chi connectivity index (χ1v) is 5.65. The Morgan fingerprint density at radius 3 is 2.72 bits per heavy atom. The minimum Gasteiger partial charge on any atom is -0.384 e. The quantitative estimate of drug-likeness (QED) is 0.616. The second kappa shape index (κ2) is 3.60. The topological polar surface area (TPSA) is 70.5 Å². The molecule has 0 aliphatic rings. The van der Waals surface area contributed by atoms with Gasteiger partial charge in [-0.05, 0) is 37.1 Å². The molecule has 92 valence electrons. The van der Waals surface area contributed by atoms with E-state index in [1.165, 1.54) is 6.07 Å². The minimum absolute atomic E-state index is 0.278. The molecule has 18 heavy (non-hydrogen) atoms. The third-order valence-corrected chi connectivity index (χ3v) is 3.35. The molecule has 0 aliphatic heterocycles. The zero-order chi connectivity index (χ0) is 12.9. The molecule has 0 bridgehead atoms. The van der Waals surface area contributed by atoms with E-state index in [4.69, 9.17) is 5.73 Å². The Labute approximate surface area is 103 Å². The van der Waals surface area contributed by atoms with E-state index in [2.05, 4.69) is 15.2 Å². The van der Waals surface area contributed by atoms with Crippen LogP contribution in [-0.2, 0) is 0 Å². The van der Waals surface area contributed by atoms with Crippen molar-refractivity contribution in [2.75, 3.05) is 5.73 Å². The zero-order valence-electron chi connectivity index (χ0n) is 10.1. The molecule has 0 unspecified atom stereocenters. The smallest absolute Gasteiger partial charge is 0.147 e. The van der Waals surface area contributed by atoms with Crippen LogP contribution in [0.4, 0.5) is 10.2 Å². The van der Waals surface area contributed by atoms with Crippen LogP contribution in [0.25, 0.3) is 22.0 Å². The molecule has 3 rings (SSSR count). The number of nitrogens with zero attached hydrogens (tertiary/aromatic N) is 1. The maximum atomic E-state index is 14.1. The van der Waals surface area contributed by atoms with E-state index in [0.29, 0.717) is 16.9 Å². The van der Waals surface area contributed by atoms with E-state index in [1.54, 1.807) is 6.20 Å². The average Bonchev–Trinajstić information content (AvgIpc) is 2.87. The Morgan fingerprint density at radius 1 is 1.28 bits per heavy atom. The fourth-order valence-corrected chi connectivity index (χ4v) is 2.19. The number of hydrogen-bond acceptors (Lipinski definition) is 2. The van der Waals surface area contributed by atoms with Crippen LogP contribution in [-0.4, -0.2) is 15.2 Å². The summed E-state index contributed by atoms with van der Waals surface area (Å²) in [5.74, 6) is 0.165. The molecule has 0 atom stereocenters. The predicted octanol–water partition coefficient (Wildman–Crippen LogP) is 2.90. The van der Waals surface area contributed by atoms with Crippen molar-refractivity contribution in [3.05, 3.63) is 35.4 Å². The Kier molecular flexibility index (Phi) is 2.16. The van der Waals surface area contributed by atoms with Gasteiger partial charge >= 0.3 is 0 Å². The lowest BCUT2D eigenvalue weighted by atomic mass is 10.0. The first-order chi connectivity index (χ1) is 8.58. The number of benzene rings is 1. The van der Waals surface area contributed by atoms with Gasteiger partial charge in [0.25, 0.3) is 0 Å². The Balaban J connectivity index is 2.33. The molecule has 4 nitrogen and oxygen atoms in total. The van der Waals surface area contributed by atoms with Gasteiger partial charge in [0.1, 0.15) is 11.6 Å². The van der Waals surface area contributed by atoms with Crippen molar-refractivity contribution in [2.45, 2.75) is 13.8 Å². The van der Waals surface area contributed by atoms with Gasteiger partial charge in [0.15, 0.2) is 0 Å². The molecule has 0 amide bonds. The van der Waals surface area contributed by atoms with Gasteiger partial charge < -0.3 is 10.7 Å². The summed E-state index contributed by atoms with van der Waals surface area (Å²) in [5.41, 5.74) is 9.77. The lowest BCUT2D eigenvalue weighted by Crippen LogP contribution is -1.89. The summed E-state index contributed by atoms with van der Waals surface area (Å²) in [4.78, 5) is 3.05. The number of halogens is 1. The van der Waals surface area contributed by atoms with E-state index in [1.807, 2.05) is 19.9 Å². The number of nitrogens with one attached hydrogen (secondary N) is 2. The number of nitrogens with two attached hydrogens (primary N) is 1. The summed E-state index contributed by atoms with van der Waals surface area (Å²) in [6, 6.07) is 3.40. The highest BCUT2D eigenvalue weighted by atomic mass is 19.1. The Morgan fingerprint density at radius 2 is 2.06 bits per heavy atom. The normalized spacial score (nSPS) is 11.3. The third-order valence-electron chi connectivity index (χ3n) is 3.35. The second-order valence-electron chi connectivity index (χ2n) is 4.45. The van der Waals surface area contributed by atoms with Crippen LogP contribution >= 0.6 is 0 Å². The van der Waals surface area contributed by atoms with Gasteiger partial charge in [0, 0.05) is 16.6 Å². The summed E-state index contributed by atoms with van der Waals surface area (Å²) in [7, 11) is 0. The number of anilines is 1. The summed E-state index contributed by atoms with van der Waals surface area (Å²) >= 11 is 0. The molecule has 2 heterocycles. The van der Waals surface area contributed by atoms with Crippen molar-refractivity contribution >= 4 is 16.7 Å². The van der Waals surface area contributed by atoms with Crippen molar-refractivity contribution < 1.29 is 4.39 Å². The van der Waals surface area contributed by atoms with Crippen LogP contribution in [0.2, 0.25) is 0 Å². The number of rotatable bonds is 1. The number of hydrogen-bond donors (Lipinski definition) is 3. The van der Waals surface area contributed by atoms with Crippen molar-refractivity contribution in [3.8, 4) is 11.1 Å². The maximum absolute atomic E-state index is 14.1. The monoisotopic (exact) mass is 244 g/mol. The Bertz CT molecular complexity index is 739. The number of aryl methyl sites for hydroxylation is 2. The molecule has 0 fully saturated rings. The van der Waals surface area contributed by atoms with Gasteiger partial charge in [-0.2, -0.15) is 5.10 Å². The summed E-state index contributed by atoms with van der Waals surface area (Å²) in [6.45, 7) is 3.90. The van der Waals surface area contributed by atoms with Crippen LogP contribution in [0.5, 0.6) is 0 Å². The molecule has 5 heteroatoms. The van der Waals surface area contributed by atoms with E-state index < -0.39 is 0 Å². The highest BCUT2D eigenvalue weighted by Crippen LogP contribution is 2.31. The minimum atomic E-state index is -0.278. The van der Waals surface area contributed by atoms with E-state index in [0.717, 1.165) is 22.2 Å². The van der Waals surface area contributed by atoms with Crippen LogP contribution in [0.1, 0.15) is 11.3 Å². The predicted molar refractivity (Wildman–Crippen MR) is 69.7 cm³/mol. The van der Waals surface area contributed by atoms with Gasteiger partial charge in [-0.15, -0.1) is 0 Å². The molecule has 0 spiro atoms. The lowest BCUT2D eigenvalue weighted by molar-refractivity contribution is 0.637. The van der Waals surface area contributed by atoms with Crippen LogP contribution in [0, 0.1) is 19.7 Å². The van der Waals surface area contributed by atoms with Crippen molar-refractivity contribution in [1.29, 1.82) is 0 Å². The maximum Gasteiger partial charge on any atom is 0.147 e. The van der Waals surface area contributed by atoms with Gasteiger partial charge in [-0.3, -0.25) is 5.10 Å². The lowest BCUT2D eigenvalue weighted by Gasteiger charge is -2.02. The van der Waals surface area contributed by atoms with Crippen LogP contribution < -0.4 is 5.73 Å². The molecule has 4 N–H and O–H groups in total. The first-order valence-electron chi connectivity index (χ1n) is 5.65. The number of aromatic amines is 2. The van der Waals surface area contributed by atoms with E-state index >= 15 is 0 Å². The Hall–Kier alpha value is -2.30. The number of aromatic nitrogens is 3. The molecule has 2 aromatic heterocycles. The number of nitrogen functional groups attached to an aromatic ring is 1. The fraction of sp³-hybridized carbons (Fsp3) is 0.154. The summed E-state index contributed by atoms with van der Waals surface area (Å²) < 4.78 is 14.1. The number of H-pyrrole nitrogens is 2. The fourth-order valence-electron chi connectivity index (χ4n) is 2.19. The van der Waals surface area contributed by atoms with Gasteiger partial charge in [-0.25, -0.2) is 4.39 Å². The van der Waals surface area contributed by atoms with Crippen molar-refractivity contribution in [3.63, 3.8) is 0 Å². The van der Waals surface area contributed by atoms with Crippen LogP contribution in [0.15, 0.2) is 18.3 Å². The van der Waals surface area contributed by atoms with Gasteiger partial charge in [0.2, 0.25) is 0 Å². The largest absolute Gasteiger partial charge is 0.384 e. The van der Waals surface area contributed by atoms with Crippen LogP contribution in [0.3, 0.4) is 0 Å². The highest BCUT2D eigenvalue weighted by Gasteiger charge is 2.13. The second-order valence-corrected chi connectivity index (χ2v) is 4.45. The van der Waals surface area contributed by atoms with Gasteiger partial charge in [-0.1, -0.05) is 0 Å². The van der Waals surface area contributed by atoms with E-state index in [9.17, 15) is 4.39 Å². The van der Waals surface area contributed by atoms with Gasteiger partial charge in [0.05, 0.1) is 11.7 Å². The molecule has 1 aromatic carbocycles. The molecule has 0 aliphatic carbocycles.